The summed E-state index contributed by atoms with van der Waals surface area (Å²) in [6, 6.07) is 4.98. The Labute approximate surface area is 338 Å². The summed E-state index contributed by atoms with van der Waals surface area (Å²) in [5.74, 6) is 7.06. The van der Waals surface area contributed by atoms with Crippen molar-refractivity contribution in [2.24, 2.45) is 41.4 Å². The maximum absolute atomic E-state index is 3.36. The van der Waals surface area contributed by atoms with Gasteiger partial charge in [-0.05, 0) is 164 Å². The highest BCUT2D eigenvalue weighted by atomic mass is 15.2. The van der Waals surface area contributed by atoms with Gasteiger partial charge in [-0.15, -0.1) is 0 Å². The van der Waals surface area contributed by atoms with Gasteiger partial charge in [-0.2, -0.15) is 0 Å². The molecule has 0 radical (unpaired) electrons. The molecule has 6 aliphatic carbocycles. The van der Waals surface area contributed by atoms with E-state index in [4.69, 9.17) is 0 Å². The summed E-state index contributed by atoms with van der Waals surface area (Å²) in [7, 11) is 0. The Hall–Kier alpha value is -0.340. The van der Waals surface area contributed by atoms with Crippen LogP contribution in [0.15, 0.2) is 12.2 Å². The van der Waals surface area contributed by atoms with Gasteiger partial charge in [-0.3, -0.25) is 9.80 Å². The largest absolute Gasteiger partial charge is 0.294 e. The predicted molar refractivity (Wildman–Crippen MR) is 236 cm³/mol. The van der Waals surface area contributed by atoms with E-state index in [0.29, 0.717) is 0 Å². The van der Waals surface area contributed by atoms with E-state index in [0.717, 1.165) is 77.7 Å². The van der Waals surface area contributed by atoms with Gasteiger partial charge in [0.25, 0.3) is 0 Å². The zero-order valence-corrected chi connectivity index (χ0v) is 37.2. The normalized spacial score (nSPS) is 36.6. The summed E-state index contributed by atoms with van der Waals surface area (Å²) in [4.78, 5) is 6.48. The lowest BCUT2D eigenvalue weighted by atomic mass is 9.54. The highest BCUT2D eigenvalue weighted by Crippen LogP contribution is 2.55. The van der Waals surface area contributed by atoms with Crippen molar-refractivity contribution >= 4 is 0 Å². The minimum atomic E-state index is 0.736. The SMILES string of the molecule is CCCCCC1CCCC(N(C2CCCCC2)C2CCC3CCC(CCC(CC)N(C(C)CCCCC)C4CC=CCC4)C(C4CCC(C)CC4)C3C2)C1. The number of allylic oxidation sites excluding steroid dienone is 1. The van der Waals surface area contributed by atoms with Crippen molar-refractivity contribution in [3.05, 3.63) is 12.2 Å². The molecule has 0 aromatic heterocycles. The van der Waals surface area contributed by atoms with Crippen molar-refractivity contribution in [2.75, 3.05) is 0 Å². The lowest BCUT2D eigenvalue weighted by molar-refractivity contribution is -0.0580. The standard InChI is InChI=1S/C52H94N2/c1-6-9-13-20-41(5)53(47-23-15-11-16-24-47)46(8-3)36-35-45-33-32-43-34-37-50(39-51(43)52(45)44-30-28-40(4)29-31-44)54(48-25-17-12-18-26-48)49-27-19-22-42(38-49)21-14-10-7-2/h11,15,40-52H,6-10,12-14,16-39H2,1-5H3. The first-order valence-corrected chi connectivity index (χ1v) is 25.7. The molecule has 0 spiro atoms. The minimum Gasteiger partial charge on any atom is -0.294 e. The monoisotopic (exact) mass is 747 g/mol. The van der Waals surface area contributed by atoms with Crippen LogP contribution < -0.4 is 0 Å². The lowest BCUT2D eigenvalue weighted by Gasteiger charge is -2.55. The first kappa shape index (κ1) is 43.2. The van der Waals surface area contributed by atoms with Gasteiger partial charge >= 0.3 is 0 Å². The van der Waals surface area contributed by atoms with Crippen LogP contribution in [0.2, 0.25) is 0 Å². The fourth-order valence-corrected chi connectivity index (χ4v) is 14.7. The molecule has 6 aliphatic rings. The van der Waals surface area contributed by atoms with E-state index in [-0.39, 0.29) is 0 Å². The molecule has 5 saturated carbocycles. The summed E-state index contributed by atoms with van der Waals surface area (Å²) >= 11 is 0. The fraction of sp³-hybridized carbons (Fsp3) is 0.962. The number of nitrogens with zero attached hydrogens (tertiary/aromatic N) is 2. The number of unbranched alkanes of at least 4 members (excludes halogenated alkanes) is 4. The van der Waals surface area contributed by atoms with Crippen molar-refractivity contribution in [2.45, 2.75) is 276 Å². The van der Waals surface area contributed by atoms with Gasteiger partial charge in [0, 0.05) is 36.3 Å². The molecule has 0 N–H and O–H groups in total. The van der Waals surface area contributed by atoms with Crippen LogP contribution in [-0.2, 0) is 0 Å². The molecule has 10 unspecified atom stereocenters. The van der Waals surface area contributed by atoms with Crippen molar-refractivity contribution in [1.82, 2.24) is 9.80 Å². The molecule has 0 heterocycles. The van der Waals surface area contributed by atoms with Crippen LogP contribution in [0.1, 0.15) is 240 Å². The molecule has 5 fully saturated rings. The van der Waals surface area contributed by atoms with Crippen molar-refractivity contribution in [3.8, 4) is 0 Å². The van der Waals surface area contributed by atoms with E-state index in [1.807, 2.05) is 0 Å². The van der Waals surface area contributed by atoms with Crippen LogP contribution >= 0.6 is 0 Å². The second kappa shape index (κ2) is 22.7. The molecule has 6 rings (SSSR count). The topological polar surface area (TPSA) is 6.48 Å². The van der Waals surface area contributed by atoms with Crippen molar-refractivity contribution in [1.29, 1.82) is 0 Å². The van der Waals surface area contributed by atoms with Gasteiger partial charge in [0.15, 0.2) is 0 Å². The van der Waals surface area contributed by atoms with E-state index < -0.39 is 0 Å². The summed E-state index contributed by atoms with van der Waals surface area (Å²) in [5, 5.41) is 0. The third-order valence-corrected chi connectivity index (χ3v) is 17.5. The molecule has 54 heavy (non-hydrogen) atoms. The molecule has 0 saturated heterocycles. The van der Waals surface area contributed by atoms with Crippen molar-refractivity contribution < 1.29 is 0 Å². The third kappa shape index (κ3) is 11.7. The Morgan fingerprint density at radius 2 is 1.31 bits per heavy atom. The van der Waals surface area contributed by atoms with Crippen LogP contribution in [0.4, 0.5) is 0 Å². The zero-order valence-electron chi connectivity index (χ0n) is 37.2. The number of rotatable bonds is 19. The molecule has 10 atom stereocenters. The lowest BCUT2D eigenvalue weighted by Crippen LogP contribution is -2.55. The number of hydrogen-bond donors (Lipinski definition) is 0. The van der Waals surface area contributed by atoms with E-state index >= 15 is 0 Å². The second-order valence-electron chi connectivity index (χ2n) is 21.1. The van der Waals surface area contributed by atoms with Gasteiger partial charge in [-0.25, -0.2) is 0 Å². The first-order valence-electron chi connectivity index (χ1n) is 25.7. The molecule has 0 amide bonds. The van der Waals surface area contributed by atoms with Gasteiger partial charge in [0.1, 0.15) is 0 Å². The molecule has 0 aromatic carbocycles. The second-order valence-corrected chi connectivity index (χ2v) is 21.1. The van der Waals surface area contributed by atoms with Gasteiger partial charge in [-0.1, -0.05) is 130 Å². The Morgan fingerprint density at radius 1 is 0.593 bits per heavy atom. The van der Waals surface area contributed by atoms with Crippen LogP contribution in [-0.4, -0.2) is 46.1 Å². The minimum absolute atomic E-state index is 0.736. The van der Waals surface area contributed by atoms with E-state index in [9.17, 15) is 0 Å². The third-order valence-electron chi connectivity index (χ3n) is 17.5. The molecule has 2 nitrogen and oxygen atoms in total. The molecule has 0 aromatic rings. The smallest absolute Gasteiger partial charge is 0.0138 e. The molecule has 0 bridgehead atoms. The number of hydrogen-bond acceptors (Lipinski definition) is 2. The van der Waals surface area contributed by atoms with Gasteiger partial charge in [0.05, 0.1) is 0 Å². The fourth-order valence-electron chi connectivity index (χ4n) is 14.7. The Balaban J connectivity index is 1.20. The summed E-state index contributed by atoms with van der Waals surface area (Å²) in [5.41, 5.74) is 0. The summed E-state index contributed by atoms with van der Waals surface area (Å²) in [6.45, 7) is 12.5. The molecular weight excluding hydrogens is 653 g/mol. The van der Waals surface area contributed by atoms with E-state index in [1.165, 1.54) is 161 Å². The quantitative estimate of drug-likeness (QED) is 0.0959. The maximum Gasteiger partial charge on any atom is 0.0138 e. The summed E-state index contributed by atoms with van der Waals surface area (Å²) in [6.07, 6.45) is 52.3. The van der Waals surface area contributed by atoms with Crippen LogP contribution in [0.3, 0.4) is 0 Å². The van der Waals surface area contributed by atoms with Gasteiger partial charge in [0.2, 0.25) is 0 Å². The average Bonchev–Trinajstić information content (AvgIpc) is 3.21. The molecule has 312 valence electrons. The van der Waals surface area contributed by atoms with E-state index in [2.05, 4.69) is 56.6 Å². The maximum atomic E-state index is 3.36. The van der Waals surface area contributed by atoms with Gasteiger partial charge < -0.3 is 0 Å². The van der Waals surface area contributed by atoms with Crippen LogP contribution in [0.25, 0.3) is 0 Å². The Kier molecular flexibility index (Phi) is 18.2. The van der Waals surface area contributed by atoms with Crippen LogP contribution in [0, 0.1) is 41.4 Å². The summed E-state index contributed by atoms with van der Waals surface area (Å²) < 4.78 is 0. The highest BCUT2D eigenvalue weighted by molar-refractivity contribution is 5.01. The molecular formula is C52H94N2. The van der Waals surface area contributed by atoms with E-state index in [1.54, 1.807) is 44.9 Å². The molecule has 2 heteroatoms. The Bertz CT molecular complexity index is 1040. The average molecular weight is 747 g/mol. The molecule has 0 aliphatic heterocycles. The zero-order chi connectivity index (χ0) is 37.7. The van der Waals surface area contributed by atoms with Crippen LogP contribution in [0.5, 0.6) is 0 Å². The van der Waals surface area contributed by atoms with Crippen molar-refractivity contribution in [3.63, 3.8) is 0 Å². The first-order chi connectivity index (χ1) is 26.5. The predicted octanol–water partition coefficient (Wildman–Crippen LogP) is 15.3. The Morgan fingerprint density at radius 3 is 2.06 bits per heavy atom. The number of fused-ring (bicyclic) bond motifs is 1. The highest BCUT2D eigenvalue weighted by Gasteiger charge is 2.48.